The molecular weight excluding hydrogens is 669 g/mol. The molecule has 1 aromatic rings. The molecule has 1 rings (SSSR count). The van der Waals surface area contributed by atoms with Crippen molar-refractivity contribution in [3.63, 3.8) is 0 Å². The van der Waals surface area contributed by atoms with E-state index in [-0.39, 0.29) is 5.56 Å². The van der Waals surface area contributed by atoms with Crippen LogP contribution in [-0.4, -0.2) is 25.8 Å². The van der Waals surface area contributed by atoms with Crippen molar-refractivity contribution >= 4 is 5.97 Å². The van der Waals surface area contributed by atoms with Crippen LogP contribution in [0.2, 0.25) is 0 Å². The van der Waals surface area contributed by atoms with E-state index in [0.717, 1.165) is 38.5 Å². The van der Waals surface area contributed by atoms with Crippen LogP contribution >= 0.6 is 0 Å². The lowest BCUT2D eigenvalue weighted by Gasteiger charge is -2.19. The van der Waals surface area contributed by atoms with Crippen molar-refractivity contribution in [2.45, 2.75) is 252 Å². The van der Waals surface area contributed by atoms with E-state index in [1.54, 1.807) is 12.1 Å². The predicted octanol–water partition coefficient (Wildman–Crippen LogP) is 15.3. The number of carbonyl (C=O) groups excluding carboxylic acids is 1. The average Bonchev–Trinajstić information content (AvgIpc) is 3.17. The van der Waals surface area contributed by atoms with Crippen molar-refractivity contribution < 1.29 is 24.1 Å². The first-order valence-corrected chi connectivity index (χ1v) is 23.9. The van der Waals surface area contributed by atoms with Crippen molar-refractivity contribution in [1.82, 2.24) is 0 Å². The summed E-state index contributed by atoms with van der Waals surface area (Å²) in [6, 6.07) is 3.15. The summed E-state index contributed by atoms with van der Waals surface area (Å²) in [6.07, 6.45) is 46.4. The molecule has 0 aromatic heterocycles. The molecule has 0 N–H and O–H groups in total. The van der Waals surface area contributed by atoms with E-state index in [0.29, 0.717) is 37.1 Å². The highest BCUT2D eigenvalue weighted by atomic mass is 16.5. The topological polar surface area (TPSA) is 67.8 Å². The van der Waals surface area contributed by atoms with E-state index in [9.17, 15) is 9.90 Å². The molecule has 0 atom stereocenters. The molecule has 0 saturated carbocycles. The van der Waals surface area contributed by atoms with Gasteiger partial charge in [-0.25, -0.2) is 0 Å². The molecule has 0 radical (unpaired) electrons. The molecule has 5 nitrogen and oxygen atoms in total. The van der Waals surface area contributed by atoms with Crippen molar-refractivity contribution in [3.8, 4) is 17.2 Å². The Morgan fingerprint density at radius 2 is 0.593 bits per heavy atom. The van der Waals surface area contributed by atoms with Crippen LogP contribution in [-0.2, 0) is 0 Å². The fourth-order valence-corrected chi connectivity index (χ4v) is 7.42. The Morgan fingerprint density at radius 3 is 0.833 bits per heavy atom. The highest BCUT2D eigenvalue weighted by molar-refractivity contribution is 5.87. The van der Waals surface area contributed by atoms with Gasteiger partial charge in [0, 0.05) is 5.56 Å². The first kappa shape index (κ1) is 50.1. The lowest BCUT2D eigenvalue weighted by molar-refractivity contribution is -0.255. The summed E-state index contributed by atoms with van der Waals surface area (Å²) >= 11 is 0. The monoisotopic (exact) mass is 758 g/mol. The number of unbranched alkanes of at least 4 members (excludes halogenated alkanes) is 33. The smallest absolute Gasteiger partial charge is 0.203 e. The minimum atomic E-state index is -1.21. The highest BCUT2D eigenvalue weighted by Crippen LogP contribution is 2.39. The highest BCUT2D eigenvalue weighted by Gasteiger charge is 2.17. The maximum absolute atomic E-state index is 12.0. The molecule has 5 heteroatoms. The molecule has 1 aromatic carbocycles. The minimum Gasteiger partial charge on any atom is -0.545 e. The van der Waals surface area contributed by atoms with Gasteiger partial charge in [0.25, 0.3) is 0 Å². The number of benzene rings is 1. The van der Waals surface area contributed by atoms with Gasteiger partial charge in [-0.2, -0.15) is 0 Å². The quantitative estimate of drug-likeness (QED) is 0.0621. The molecule has 0 spiro atoms. The largest absolute Gasteiger partial charge is 0.545 e. The van der Waals surface area contributed by atoms with Gasteiger partial charge in [0.05, 0.1) is 25.8 Å². The van der Waals surface area contributed by atoms with Gasteiger partial charge < -0.3 is 24.1 Å². The zero-order chi connectivity index (χ0) is 39.0. The van der Waals surface area contributed by atoms with Crippen LogP contribution in [0.4, 0.5) is 0 Å². The van der Waals surface area contributed by atoms with E-state index in [1.165, 1.54) is 193 Å². The van der Waals surface area contributed by atoms with Crippen LogP contribution in [0.3, 0.4) is 0 Å². The Morgan fingerprint density at radius 1 is 0.370 bits per heavy atom. The molecule has 0 fully saturated rings. The van der Waals surface area contributed by atoms with E-state index in [2.05, 4.69) is 20.8 Å². The van der Waals surface area contributed by atoms with Crippen LogP contribution in [0.25, 0.3) is 0 Å². The van der Waals surface area contributed by atoms with Gasteiger partial charge in [-0.15, -0.1) is 0 Å². The summed E-state index contributed by atoms with van der Waals surface area (Å²) < 4.78 is 18.9. The van der Waals surface area contributed by atoms with Gasteiger partial charge in [0.2, 0.25) is 5.75 Å². The molecule has 0 amide bonds. The number of carboxylic acids is 1. The summed E-state index contributed by atoms with van der Waals surface area (Å²) in [6.45, 7) is 8.49. The van der Waals surface area contributed by atoms with Crippen LogP contribution < -0.4 is 19.3 Å². The van der Waals surface area contributed by atoms with Gasteiger partial charge >= 0.3 is 0 Å². The number of carboxylic acid groups (broad SMARTS) is 1. The second kappa shape index (κ2) is 39.3. The molecule has 54 heavy (non-hydrogen) atoms. The van der Waals surface area contributed by atoms with Crippen LogP contribution in [0.5, 0.6) is 17.2 Å². The van der Waals surface area contributed by atoms with E-state index < -0.39 is 5.97 Å². The van der Waals surface area contributed by atoms with E-state index >= 15 is 0 Å². The second-order valence-corrected chi connectivity index (χ2v) is 16.3. The molecule has 0 heterocycles. The number of aromatic carboxylic acids is 1. The minimum absolute atomic E-state index is 0.0853. The number of carbonyl (C=O) groups is 1. The summed E-state index contributed by atoms with van der Waals surface area (Å²) in [5.41, 5.74) is 0.0853. The molecular formula is C49H89O5-. The zero-order valence-corrected chi connectivity index (χ0v) is 36.3. The molecule has 316 valence electrons. The fourth-order valence-electron chi connectivity index (χ4n) is 7.42. The molecule has 0 aliphatic rings. The lowest BCUT2D eigenvalue weighted by Crippen LogP contribution is -2.22. The Kier molecular flexibility index (Phi) is 36.5. The van der Waals surface area contributed by atoms with Gasteiger partial charge in [-0.1, -0.05) is 233 Å². The second-order valence-electron chi connectivity index (χ2n) is 16.3. The van der Waals surface area contributed by atoms with E-state index in [4.69, 9.17) is 14.2 Å². The van der Waals surface area contributed by atoms with Crippen molar-refractivity contribution in [2.24, 2.45) is 0 Å². The Bertz CT molecular complexity index is 895. The first-order chi connectivity index (χ1) is 26.6. The summed E-state index contributed by atoms with van der Waals surface area (Å²) in [4.78, 5) is 12.0. The van der Waals surface area contributed by atoms with Crippen molar-refractivity contribution in [2.75, 3.05) is 19.8 Å². The van der Waals surface area contributed by atoms with E-state index in [1.807, 2.05) is 0 Å². The van der Waals surface area contributed by atoms with Gasteiger partial charge in [-0.3, -0.25) is 0 Å². The lowest BCUT2D eigenvalue weighted by atomic mass is 10.1. The van der Waals surface area contributed by atoms with Gasteiger partial charge in [0.1, 0.15) is 0 Å². The third-order valence-electron chi connectivity index (χ3n) is 11.0. The van der Waals surface area contributed by atoms with Crippen LogP contribution in [0.1, 0.15) is 262 Å². The maximum atomic E-state index is 12.0. The molecule has 0 unspecified atom stereocenters. The Labute approximate surface area is 335 Å². The number of ether oxygens (including phenoxy) is 3. The average molecular weight is 758 g/mol. The summed E-state index contributed by atoms with van der Waals surface area (Å²) in [5, 5.41) is 12.0. The summed E-state index contributed by atoms with van der Waals surface area (Å²) in [7, 11) is 0. The third kappa shape index (κ3) is 30.3. The van der Waals surface area contributed by atoms with Gasteiger partial charge in [0.15, 0.2) is 11.5 Å². The summed E-state index contributed by atoms with van der Waals surface area (Å²) in [5.74, 6) is 0.292. The zero-order valence-electron chi connectivity index (χ0n) is 36.3. The number of rotatable bonds is 43. The number of hydrogen-bond donors (Lipinski definition) is 0. The normalized spacial score (nSPS) is 11.3. The molecule has 0 aliphatic heterocycles. The molecule has 0 bridgehead atoms. The SMILES string of the molecule is CCCCCCCCCCCCCCOc1cc(C(=O)[O-])cc(OCCCCCCCCCCCCCC)c1OCCCCCCCCCCCCCC. The van der Waals surface area contributed by atoms with Crippen LogP contribution in [0, 0.1) is 0 Å². The third-order valence-corrected chi connectivity index (χ3v) is 11.0. The van der Waals surface area contributed by atoms with Crippen molar-refractivity contribution in [1.29, 1.82) is 0 Å². The van der Waals surface area contributed by atoms with Crippen molar-refractivity contribution in [3.05, 3.63) is 17.7 Å². The number of hydrogen-bond acceptors (Lipinski definition) is 5. The fraction of sp³-hybridized carbons (Fsp3) is 0.857. The Hall–Kier alpha value is -1.91. The predicted molar refractivity (Wildman–Crippen MR) is 230 cm³/mol. The van der Waals surface area contributed by atoms with Crippen LogP contribution in [0.15, 0.2) is 12.1 Å². The standard InChI is InChI=1S/C49H90O5/c1-4-7-10-13-16-19-22-25-28-31-34-37-40-52-46-43-45(49(50)51)44-47(53-41-38-35-32-29-26-23-20-17-14-11-8-5-2)48(46)54-42-39-36-33-30-27-24-21-18-15-12-9-6-3/h43-44H,4-42H2,1-3H3,(H,50,51)/p-1. The Balaban J connectivity index is 2.55. The first-order valence-electron chi connectivity index (χ1n) is 23.9. The van der Waals surface area contributed by atoms with Gasteiger partial charge in [-0.05, 0) is 31.4 Å². The maximum Gasteiger partial charge on any atom is 0.203 e. The molecule has 0 aliphatic carbocycles. The molecule has 0 saturated heterocycles.